The molecule has 0 aliphatic heterocycles. The van der Waals surface area contributed by atoms with E-state index >= 15 is 0 Å². The molecule has 0 spiro atoms. The van der Waals surface area contributed by atoms with E-state index in [1.807, 2.05) is 0 Å². The molecule has 0 radical (unpaired) electrons. The lowest BCUT2D eigenvalue weighted by Gasteiger charge is -2.04. The molecule has 0 bridgehead atoms. The molecule has 0 saturated heterocycles. The Bertz CT molecular complexity index is 481. The van der Waals surface area contributed by atoms with E-state index in [0.29, 0.717) is 5.69 Å². The Labute approximate surface area is 112 Å². The van der Waals surface area contributed by atoms with Crippen molar-refractivity contribution >= 4 is 17.6 Å². The lowest BCUT2D eigenvalue weighted by atomic mass is 10.1. The molecule has 104 valence electrons. The Kier molecular flexibility index (Phi) is 4.29. The highest BCUT2D eigenvalue weighted by Crippen LogP contribution is 2.25. The van der Waals surface area contributed by atoms with Crippen molar-refractivity contribution in [1.29, 1.82) is 0 Å². The molecule has 0 unspecified atom stereocenters. The molecule has 1 aliphatic carbocycles. The fourth-order valence-electron chi connectivity index (χ4n) is 2.54. The molecule has 6 heteroatoms. The van der Waals surface area contributed by atoms with Crippen LogP contribution in [0.2, 0.25) is 0 Å². The second-order valence-electron chi connectivity index (χ2n) is 5.00. The normalized spacial score (nSPS) is 18.3. The number of aliphatic imine (C=N–C) groups is 1. The Balaban J connectivity index is 2.36. The molecule has 2 rings (SSSR count). The molecule has 1 saturated carbocycles. The largest absolute Gasteiger partial charge is 0.862 e. The second kappa shape index (κ2) is 5.95. The molecule has 1 aromatic heterocycles. The van der Waals surface area contributed by atoms with Crippen LogP contribution in [0.15, 0.2) is 9.52 Å². The quantitative estimate of drug-likeness (QED) is 0.272. The Morgan fingerprint density at radius 1 is 1.32 bits per heavy atom. The Hall–Kier alpha value is -1.72. The molecular weight excluding hydrogens is 246 g/mol. The van der Waals surface area contributed by atoms with E-state index in [2.05, 4.69) is 10.3 Å². The Morgan fingerprint density at radius 2 is 1.95 bits per heavy atom. The number of carbonyl (C=O) groups is 1. The van der Waals surface area contributed by atoms with Gasteiger partial charge in [-0.25, -0.2) is 4.99 Å². The maximum Gasteiger partial charge on any atom is 0.342 e. The van der Waals surface area contributed by atoms with Gasteiger partial charge in [-0.3, -0.25) is 9.32 Å². The molecule has 6 nitrogen and oxygen atoms in total. The summed E-state index contributed by atoms with van der Waals surface area (Å²) in [7, 11) is 0. The maximum atomic E-state index is 11.8. The minimum atomic E-state index is -0.397. The van der Waals surface area contributed by atoms with Crippen molar-refractivity contribution in [1.82, 2.24) is 5.27 Å². The number of hydrogen-bond acceptors (Lipinski definition) is 5. The van der Waals surface area contributed by atoms with E-state index in [1.54, 1.807) is 4.68 Å². The first-order chi connectivity index (χ1) is 9.09. The Morgan fingerprint density at radius 3 is 2.47 bits per heavy atom. The van der Waals surface area contributed by atoms with Crippen LogP contribution < -0.4 is 9.79 Å². The van der Waals surface area contributed by atoms with Gasteiger partial charge in [-0.05, 0) is 30.3 Å². The third-order valence-electron chi connectivity index (χ3n) is 3.41. The summed E-state index contributed by atoms with van der Waals surface area (Å²) in [6, 6.07) is 0.168. The van der Waals surface area contributed by atoms with Crippen LogP contribution in [-0.4, -0.2) is 17.0 Å². The van der Waals surface area contributed by atoms with Crippen molar-refractivity contribution in [2.75, 3.05) is 0 Å². The van der Waals surface area contributed by atoms with Gasteiger partial charge in [-0.1, -0.05) is 12.8 Å². The van der Waals surface area contributed by atoms with Crippen molar-refractivity contribution in [2.24, 2.45) is 4.99 Å². The van der Waals surface area contributed by atoms with Crippen LogP contribution in [0.3, 0.4) is 0 Å². The predicted octanol–water partition coefficient (Wildman–Crippen LogP) is 1.47. The topological polar surface area (TPSA) is 82.4 Å². The first-order valence-corrected chi connectivity index (χ1v) is 6.74. The summed E-state index contributed by atoms with van der Waals surface area (Å²) in [4.78, 5) is 15.5. The monoisotopic (exact) mass is 265 g/mol. The van der Waals surface area contributed by atoms with E-state index < -0.39 is 5.90 Å². The number of ketones is 1. The third-order valence-corrected chi connectivity index (χ3v) is 3.41. The van der Waals surface area contributed by atoms with Crippen LogP contribution >= 0.6 is 0 Å². The highest BCUT2D eigenvalue weighted by molar-refractivity contribution is 5.94. The molecule has 19 heavy (non-hydrogen) atoms. The zero-order valence-electron chi connectivity index (χ0n) is 11.4. The fourth-order valence-corrected chi connectivity index (χ4v) is 2.54. The smallest absolute Gasteiger partial charge is 0.342 e. The molecule has 0 atom stereocenters. The summed E-state index contributed by atoms with van der Waals surface area (Å²) in [6.45, 7) is 2.77. The van der Waals surface area contributed by atoms with Gasteiger partial charge in [0.05, 0.1) is 0 Å². The highest BCUT2D eigenvalue weighted by Gasteiger charge is 2.35. The zero-order chi connectivity index (χ0) is 13.8. The van der Waals surface area contributed by atoms with Gasteiger partial charge in [0.25, 0.3) is 0 Å². The summed E-state index contributed by atoms with van der Waals surface area (Å²) >= 11 is 0. The van der Waals surface area contributed by atoms with Gasteiger partial charge in [0.1, 0.15) is 0 Å². The van der Waals surface area contributed by atoms with Gasteiger partial charge in [-0.15, -0.1) is 0 Å². The minimum absolute atomic E-state index is 0.0317. The van der Waals surface area contributed by atoms with Crippen molar-refractivity contribution in [3.8, 4) is 0 Å². The predicted molar refractivity (Wildman–Crippen MR) is 66.2 cm³/mol. The van der Waals surface area contributed by atoms with E-state index in [9.17, 15) is 9.90 Å². The highest BCUT2D eigenvalue weighted by atomic mass is 16.5. The molecule has 1 fully saturated rings. The summed E-state index contributed by atoms with van der Waals surface area (Å²) < 4.78 is 6.69. The van der Waals surface area contributed by atoms with E-state index in [4.69, 9.17) is 4.52 Å². The number of nitrogens with zero attached hydrogens (tertiary/aromatic N) is 3. The summed E-state index contributed by atoms with van der Waals surface area (Å²) in [5.41, 5.74) is 0.308. The van der Waals surface area contributed by atoms with Crippen molar-refractivity contribution in [3.05, 3.63) is 5.69 Å². The molecule has 1 aromatic rings. The SMILES string of the molecule is CC(=O)c1c(/N=C(/C)[O-])on[n+]1C1CCCCCC1. The van der Waals surface area contributed by atoms with Crippen LogP contribution in [0.4, 0.5) is 5.88 Å². The van der Waals surface area contributed by atoms with Crippen LogP contribution in [0.1, 0.15) is 68.9 Å². The number of rotatable bonds is 3. The van der Waals surface area contributed by atoms with Gasteiger partial charge in [0, 0.05) is 19.8 Å². The number of carbonyl (C=O) groups excluding carboxylic acids is 1. The fraction of sp³-hybridized carbons (Fsp3) is 0.692. The molecular formula is C13H19N3O3. The summed E-state index contributed by atoms with van der Waals surface area (Å²) in [5, 5.41) is 15.0. The third kappa shape index (κ3) is 3.19. The molecule has 1 aliphatic rings. The van der Waals surface area contributed by atoms with Crippen molar-refractivity contribution < 1.29 is 19.1 Å². The zero-order valence-corrected chi connectivity index (χ0v) is 11.4. The van der Waals surface area contributed by atoms with Crippen LogP contribution in [0.5, 0.6) is 0 Å². The van der Waals surface area contributed by atoms with Gasteiger partial charge < -0.3 is 5.11 Å². The number of Topliss-reactive ketones (excluding diaryl/α,β-unsaturated/α-hetero) is 1. The second-order valence-corrected chi connectivity index (χ2v) is 5.00. The van der Waals surface area contributed by atoms with Crippen molar-refractivity contribution in [2.45, 2.75) is 58.4 Å². The van der Waals surface area contributed by atoms with Gasteiger partial charge >= 0.3 is 11.6 Å². The first kappa shape index (κ1) is 13.7. The van der Waals surface area contributed by atoms with E-state index in [1.165, 1.54) is 26.7 Å². The lowest BCUT2D eigenvalue weighted by molar-refractivity contribution is -0.787. The van der Waals surface area contributed by atoms with Crippen molar-refractivity contribution in [3.63, 3.8) is 0 Å². The number of hydrogen-bond donors (Lipinski definition) is 0. The number of aromatic nitrogens is 2. The van der Waals surface area contributed by atoms with Gasteiger partial charge in [-0.2, -0.15) is 0 Å². The summed E-state index contributed by atoms with van der Waals surface area (Å²) in [5.74, 6) is -0.540. The van der Waals surface area contributed by atoms with E-state index in [-0.39, 0.29) is 17.7 Å². The van der Waals surface area contributed by atoms with E-state index in [0.717, 1.165) is 25.7 Å². The molecule has 0 aromatic carbocycles. The average molecular weight is 265 g/mol. The van der Waals surface area contributed by atoms with Gasteiger partial charge in [0.15, 0.2) is 6.04 Å². The summed E-state index contributed by atoms with van der Waals surface area (Å²) in [6.07, 6.45) is 6.65. The first-order valence-electron chi connectivity index (χ1n) is 6.74. The maximum absolute atomic E-state index is 11.8. The standard InChI is InChI=1S/C13H19N3O3/c1-9(17)12-13(14-10(2)18)19-15-16(12)11-7-5-3-4-6-8-11/h11H,3-8H2,1-2H3. The minimum Gasteiger partial charge on any atom is -0.862 e. The molecule has 0 amide bonds. The molecule has 0 N–H and O–H groups in total. The average Bonchev–Trinajstić information content (AvgIpc) is 2.58. The molecule has 1 heterocycles. The lowest BCUT2D eigenvalue weighted by Crippen LogP contribution is -2.45. The van der Waals surface area contributed by atoms with Crippen LogP contribution in [-0.2, 0) is 0 Å². The van der Waals surface area contributed by atoms with Gasteiger partial charge in [0.2, 0.25) is 11.1 Å². The van der Waals surface area contributed by atoms with Crippen LogP contribution in [0.25, 0.3) is 0 Å². The van der Waals surface area contributed by atoms with Crippen LogP contribution in [0, 0.1) is 0 Å².